The first kappa shape index (κ1) is 19.1. The van der Waals surface area contributed by atoms with Gasteiger partial charge in [-0.2, -0.15) is 10.2 Å². The number of halogens is 1. The summed E-state index contributed by atoms with van der Waals surface area (Å²) < 4.78 is 18.9. The van der Waals surface area contributed by atoms with Crippen molar-refractivity contribution in [1.82, 2.24) is 15.1 Å². The Bertz CT molecular complexity index is 1010. The summed E-state index contributed by atoms with van der Waals surface area (Å²) in [5.74, 6) is 1.39. The van der Waals surface area contributed by atoms with E-state index in [1.165, 1.54) is 6.07 Å². The molecule has 138 valence electrons. The van der Waals surface area contributed by atoms with E-state index in [-0.39, 0.29) is 5.82 Å². The van der Waals surface area contributed by atoms with Gasteiger partial charge in [0.15, 0.2) is 0 Å². The van der Waals surface area contributed by atoms with Crippen LogP contribution in [0.3, 0.4) is 0 Å². The number of aromatic nitrogens is 3. The number of aryl methyl sites for hydroxylation is 4. The standard InChI is InChI=1S/C20H19FN4OS/c1-12-6-7-15(10-17(12)21)19-24-18(26-25-19)5-4-8-27-20-16(11-22)13(2)9-14(3)23-20/h6-7,9-10H,4-5,8H2,1-3H3. The number of hydrogen-bond acceptors (Lipinski definition) is 6. The summed E-state index contributed by atoms with van der Waals surface area (Å²) in [6.45, 7) is 5.55. The van der Waals surface area contributed by atoms with Crippen LogP contribution in [0, 0.1) is 37.9 Å². The van der Waals surface area contributed by atoms with Crippen LogP contribution in [-0.4, -0.2) is 20.9 Å². The van der Waals surface area contributed by atoms with Gasteiger partial charge in [0, 0.05) is 23.4 Å². The van der Waals surface area contributed by atoms with E-state index in [4.69, 9.17) is 4.52 Å². The minimum absolute atomic E-state index is 0.288. The minimum Gasteiger partial charge on any atom is -0.339 e. The molecule has 1 aromatic carbocycles. The predicted molar refractivity (Wildman–Crippen MR) is 102 cm³/mol. The summed E-state index contributed by atoms with van der Waals surface area (Å²) in [7, 11) is 0. The summed E-state index contributed by atoms with van der Waals surface area (Å²) in [6, 6.07) is 9.02. The SMILES string of the molecule is Cc1cc(C)c(C#N)c(SCCCc2nc(-c3ccc(C)c(F)c3)no2)n1. The van der Waals surface area contributed by atoms with Gasteiger partial charge in [0.25, 0.3) is 0 Å². The quantitative estimate of drug-likeness (QED) is 0.450. The molecule has 0 bridgehead atoms. The Labute approximate surface area is 161 Å². The number of rotatable bonds is 6. The topological polar surface area (TPSA) is 75.6 Å². The van der Waals surface area contributed by atoms with Crippen LogP contribution in [-0.2, 0) is 6.42 Å². The summed E-state index contributed by atoms with van der Waals surface area (Å²) in [6.07, 6.45) is 1.41. The fraction of sp³-hybridized carbons (Fsp3) is 0.300. The molecule has 5 nitrogen and oxygen atoms in total. The molecule has 0 spiro atoms. The lowest BCUT2D eigenvalue weighted by atomic mass is 10.1. The van der Waals surface area contributed by atoms with Gasteiger partial charge in [-0.3, -0.25) is 0 Å². The van der Waals surface area contributed by atoms with Crippen molar-refractivity contribution in [1.29, 1.82) is 5.26 Å². The van der Waals surface area contributed by atoms with Gasteiger partial charge in [0.2, 0.25) is 11.7 Å². The molecule has 0 atom stereocenters. The summed E-state index contributed by atoms with van der Waals surface area (Å²) >= 11 is 1.55. The van der Waals surface area contributed by atoms with Gasteiger partial charge in [-0.15, -0.1) is 11.8 Å². The van der Waals surface area contributed by atoms with Crippen molar-refractivity contribution in [2.45, 2.75) is 38.6 Å². The largest absolute Gasteiger partial charge is 0.339 e. The van der Waals surface area contributed by atoms with E-state index in [9.17, 15) is 9.65 Å². The Morgan fingerprint density at radius 1 is 1.15 bits per heavy atom. The molecule has 0 radical (unpaired) electrons. The number of benzene rings is 1. The van der Waals surface area contributed by atoms with Gasteiger partial charge in [0.1, 0.15) is 16.9 Å². The highest BCUT2D eigenvalue weighted by atomic mass is 32.2. The molecule has 0 amide bonds. The third-order valence-corrected chi connectivity index (χ3v) is 5.16. The van der Waals surface area contributed by atoms with Crippen LogP contribution in [0.2, 0.25) is 0 Å². The van der Waals surface area contributed by atoms with Crippen molar-refractivity contribution in [2.24, 2.45) is 0 Å². The Balaban J connectivity index is 1.59. The van der Waals surface area contributed by atoms with E-state index >= 15 is 0 Å². The number of pyridine rings is 1. The molecule has 3 aromatic rings. The predicted octanol–water partition coefficient (Wildman–Crippen LogP) is 4.79. The number of thioether (sulfide) groups is 1. The van der Waals surface area contributed by atoms with Crippen molar-refractivity contribution in [3.63, 3.8) is 0 Å². The molecule has 0 N–H and O–H groups in total. The van der Waals surface area contributed by atoms with E-state index < -0.39 is 0 Å². The highest BCUT2D eigenvalue weighted by Gasteiger charge is 2.12. The molecule has 0 fully saturated rings. The van der Waals surface area contributed by atoms with Crippen LogP contribution in [0.1, 0.15) is 34.7 Å². The highest BCUT2D eigenvalue weighted by molar-refractivity contribution is 7.99. The van der Waals surface area contributed by atoms with E-state index in [1.807, 2.05) is 19.9 Å². The normalized spacial score (nSPS) is 10.8. The van der Waals surface area contributed by atoms with Gasteiger partial charge in [-0.05, 0) is 50.5 Å². The zero-order valence-electron chi connectivity index (χ0n) is 15.4. The molecule has 0 unspecified atom stereocenters. The van der Waals surface area contributed by atoms with Crippen molar-refractivity contribution in [3.8, 4) is 17.5 Å². The fourth-order valence-electron chi connectivity index (χ4n) is 2.64. The lowest BCUT2D eigenvalue weighted by Gasteiger charge is -2.06. The molecule has 0 aliphatic carbocycles. The van der Waals surface area contributed by atoms with Gasteiger partial charge in [-0.1, -0.05) is 17.3 Å². The number of nitrogens with zero attached hydrogens (tertiary/aromatic N) is 4. The minimum atomic E-state index is -0.288. The molecule has 0 aliphatic rings. The molecular weight excluding hydrogens is 363 g/mol. The van der Waals surface area contributed by atoms with E-state index in [0.717, 1.165) is 28.5 Å². The van der Waals surface area contributed by atoms with Gasteiger partial charge < -0.3 is 4.52 Å². The Hall–Kier alpha value is -2.72. The van der Waals surface area contributed by atoms with Crippen LogP contribution in [0.5, 0.6) is 0 Å². The third kappa shape index (κ3) is 4.52. The zero-order valence-corrected chi connectivity index (χ0v) is 16.2. The summed E-state index contributed by atoms with van der Waals surface area (Å²) in [5.41, 5.74) is 3.66. The molecule has 2 aromatic heterocycles. The first-order valence-electron chi connectivity index (χ1n) is 8.58. The lowest BCUT2D eigenvalue weighted by molar-refractivity contribution is 0.378. The Kier molecular flexibility index (Phi) is 5.87. The first-order valence-corrected chi connectivity index (χ1v) is 9.56. The van der Waals surface area contributed by atoms with Crippen molar-refractivity contribution in [2.75, 3.05) is 5.75 Å². The lowest BCUT2D eigenvalue weighted by Crippen LogP contribution is -1.96. The van der Waals surface area contributed by atoms with Crippen molar-refractivity contribution < 1.29 is 8.91 Å². The maximum Gasteiger partial charge on any atom is 0.226 e. The van der Waals surface area contributed by atoms with E-state index in [0.29, 0.717) is 34.8 Å². The second-order valence-corrected chi connectivity index (χ2v) is 7.38. The van der Waals surface area contributed by atoms with Crippen LogP contribution in [0.15, 0.2) is 33.8 Å². The van der Waals surface area contributed by atoms with Crippen LogP contribution in [0.25, 0.3) is 11.4 Å². The molecular formula is C20H19FN4OS. The molecule has 7 heteroatoms. The zero-order chi connectivity index (χ0) is 19.4. The smallest absolute Gasteiger partial charge is 0.226 e. The maximum absolute atomic E-state index is 13.7. The highest BCUT2D eigenvalue weighted by Crippen LogP contribution is 2.25. The average molecular weight is 382 g/mol. The average Bonchev–Trinajstić information content (AvgIpc) is 3.09. The third-order valence-electron chi connectivity index (χ3n) is 4.10. The van der Waals surface area contributed by atoms with Gasteiger partial charge >= 0.3 is 0 Å². The van der Waals surface area contributed by atoms with E-state index in [1.54, 1.807) is 30.8 Å². The number of nitriles is 1. The van der Waals surface area contributed by atoms with Crippen LogP contribution >= 0.6 is 11.8 Å². The molecule has 0 aliphatic heterocycles. The van der Waals surface area contributed by atoms with Gasteiger partial charge in [0.05, 0.1) is 5.56 Å². The van der Waals surface area contributed by atoms with Gasteiger partial charge in [-0.25, -0.2) is 9.37 Å². The first-order chi connectivity index (χ1) is 13.0. The Morgan fingerprint density at radius 2 is 1.96 bits per heavy atom. The molecule has 27 heavy (non-hydrogen) atoms. The summed E-state index contributed by atoms with van der Waals surface area (Å²) in [4.78, 5) is 8.80. The van der Waals surface area contributed by atoms with Crippen LogP contribution < -0.4 is 0 Å². The molecule has 0 saturated heterocycles. The van der Waals surface area contributed by atoms with Crippen LogP contribution in [0.4, 0.5) is 4.39 Å². The molecule has 2 heterocycles. The summed E-state index contributed by atoms with van der Waals surface area (Å²) in [5, 5.41) is 14.0. The molecule has 3 rings (SSSR count). The van der Waals surface area contributed by atoms with E-state index in [2.05, 4.69) is 21.2 Å². The molecule has 0 saturated carbocycles. The fourth-order valence-corrected chi connectivity index (χ4v) is 3.68. The van der Waals surface area contributed by atoms with Crippen molar-refractivity contribution in [3.05, 3.63) is 58.4 Å². The van der Waals surface area contributed by atoms with Crippen molar-refractivity contribution >= 4 is 11.8 Å². The monoisotopic (exact) mass is 382 g/mol. The second kappa shape index (κ2) is 8.31. The Morgan fingerprint density at radius 3 is 2.70 bits per heavy atom. The number of hydrogen-bond donors (Lipinski definition) is 0. The maximum atomic E-state index is 13.7. The second-order valence-electron chi connectivity index (χ2n) is 6.30.